The number of hydrogen-bond acceptors (Lipinski definition) is 6. The van der Waals surface area contributed by atoms with Crippen LogP contribution in [0.4, 0.5) is 10.5 Å². The average molecular weight is 436 g/mol. The van der Waals surface area contributed by atoms with Gasteiger partial charge in [-0.3, -0.25) is 4.90 Å². The summed E-state index contributed by atoms with van der Waals surface area (Å²) in [6, 6.07) is 15.6. The van der Waals surface area contributed by atoms with Crippen LogP contribution in [0.25, 0.3) is 11.4 Å². The van der Waals surface area contributed by atoms with E-state index in [1.54, 1.807) is 7.11 Å². The number of nitrogens with one attached hydrogen (secondary N) is 1. The Morgan fingerprint density at radius 2 is 1.78 bits per heavy atom. The van der Waals surface area contributed by atoms with E-state index in [4.69, 9.17) is 9.26 Å². The predicted octanol–water partition coefficient (Wildman–Crippen LogP) is 4.05. The van der Waals surface area contributed by atoms with Gasteiger partial charge in [0.25, 0.3) is 0 Å². The summed E-state index contributed by atoms with van der Waals surface area (Å²) in [6.45, 7) is 5.54. The van der Waals surface area contributed by atoms with Crippen LogP contribution < -0.4 is 10.1 Å². The van der Waals surface area contributed by atoms with Gasteiger partial charge in [0.2, 0.25) is 11.7 Å². The molecule has 1 aliphatic heterocycles. The smallest absolute Gasteiger partial charge is 0.321 e. The fraction of sp³-hybridized carbons (Fsp3) is 0.375. The summed E-state index contributed by atoms with van der Waals surface area (Å²) in [5, 5.41) is 7.08. The third kappa shape index (κ3) is 5.45. The lowest BCUT2D eigenvalue weighted by atomic mass is 10.1. The number of piperazine rings is 1. The molecule has 1 aromatic heterocycles. The van der Waals surface area contributed by atoms with E-state index >= 15 is 0 Å². The number of amides is 2. The number of methoxy groups -OCH3 is 1. The van der Waals surface area contributed by atoms with Crippen LogP contribution in [0.15, 0.2) is 53.1 Å². The highest BCUT2D eigenvalue weighted by Crippen LogP contribution is 2.20. The van der Waals surface area contributed by atoms with Crippen molar-refractivity contribution in [2.24, 2.45) is 0 Å². The molecule has 1 aliphatic rings. The van der Waals surface area contributed by atoms with Gasteiger partial charge in [-0.15, -0.1) is 0 Å². The molecule has 0 bridgehead atoms. The summed E-state index contributed by atoms with van der Waals surface area (Å²) in [6.07, 6.45) is 2.17. The third-order valence-corrected chi connectivity index (χ3v) is 5.58. The number of aromatic nitrogens is 2. The van der Waals surface area contributed by atoms with Gasteiger partial charge in [0.15, 0.2) is 0 Å². The number of anilines is 1. The van der Waals surface area contributed by atoms with Crippen molar-refractivity contribution < 1.29 is 14.1 Å². The Balaban J connectivity index is 1.25. The van der Waals surface area contributed by atoms with E-state index in [1.165, 1.54) is 5.56 Å². The Labute approximate surface area is 188 Å². The van der Waals surface area contributed by atoms with Crippen molar-refractivity contribution in [2.45, 2.75) is 26.3 Å². The molecule has 0 aliphatic carbocycles. The molecule has 2 amide bonds. The van der Waals surface area contributed by atoms with Crippen LogP contribution in [-0.4, -0.2) is 59.3 Å². The number of aryl methyl sites for hydroxylation is 1. The normalized spacial score (nSPS) is 14.4. The van der Waals surface area contributed by atoms with Crippen LogP contribution in [0.1, 0.15) is 24.8 Å². The molecule has 3 aromatic rings. The van der Waals surface area contributed by atoms with E-state index in [2.05, 4.69) is 39.4 Å². The lowest BCUT2D eigenvalue weighted by molar-refractivity contribution is 0.133. The van der Waals surface area contributed by atoms with Gasteiger partial charge in [-0.1, -0.05) is 30.6 Å². The predicted molar refractivity (Wildman–Crippen MR) is 123 cm³/mol. The number of ether oxygens (including phenoxy) is 1. The maximum Gasteiger partial charge on any atom is 0.321 e. The standard InChI is InChI=1S/C24H29N5O3/c1-3-4-18-5-9-20(10-6-18)25-24(30)29-15-13-28(14-16-29)17-22-26-23(27-32-22)19-7-11-21(31-2)12-8-19/h5-12H,3-4,13-17H2,1-2H3,(H,25,30). The number of rotatable bonds is 7. The van der Waals surface area contributed by atoms with E-state index in [0.29, 0.717) is 31.3 Å². The fourth-order valence-corrected chi connectivity index (χ4v) is 3.72. The summed E-state index contributed by atoms with van der Waals surface area (Å²) in [5.74, 6) is 1.92. The second-order valence-electron chi connectivity index (χ2n) is 7.88. The molecule has 2 aromatic carbocycles. The van der Waals surface area contributed by atoms with Crippen molar-refractivity contribution in [2.75, 3.05) is 38.6 Å². The minimum atomic E-state index is -0.0625. The maximum atomic E-state index is 12.6. The van der Waals surface area contributed by atoms with Crippen LogP contribution in [0, 0.1) is 0 Å². The van der Waals surface area contributed by atoms with E-state index in [-0.39, 0.29) is 6.03 Å². The fourth-order valence-electron chi connectivity index (χ4n) is 3.72. The quantitative estimate of drug-likeness (QED) is 0.603. The summed E-state index contributed by atoms with van der Waals surface area (Å²) in [7, 11) is 1.63. The van der Waals surface area contributed by atoms with Gasteiger partial charge in [0.1, 0.15) is 5.75 Å². The lowest BCUT2D eigenvalue weighted by Gasteiger charge is -2.33. The van der Waals surface area contributed by atoms with Gasteiger partial charge in [0.05, 0.1) is 13.7 Å². The highest BCUT2D eigenvalue weighted by Gasteiger charge is 2.23. The highest BCUT2D eigenvalue weighted by molar-refractivity contribution is 5.89. The molecule has 0 unspecified atom stereocenters. The topological polar surface area (TPSA) is 83.7 Å². The molecule has 1 N–H and O–H groups in total. The van der Waals surface area contributed by atoms with Crippen molar-refractivity contribution >= 4 is 11.7 Å². The van der Waals surface area contributed by atoms with E-state index in [0.717, 1.165) is 42.9 Å². The molecular formula is C24H29N5O3. The molecule has 0 saturated carbocycles. The van der Waals surface area contributed by atoms with Crippen molar-refractivity contribution in [3.05, 3.63) is 60.0 Å². The zero-order chi connectivity index (χ0) is 22.3. The van der Waals surface area contributed by atoms with E-state index < -0.39 is 0 Å². The second-order valence-corrected chi connectivity index (χ2v) is 7.88. The van der Waals surface area contributed by atoms with Crippen LogP contribution in [-0.2, 0) is 13.0 Å². The number of carbonyl (C=O) groups excluding carboxylic acids is 1. The monoisotopic (exact) mass is 435 g/mol. The third-order valence-electron chi connectivity index (χ3n) is 5.58. The first-order chi connectivity index (χ1) is 15.6. The largest absolute Gasteiger partial charge is 0.497 e. The molecule has 0 atom stereocenters. The summed E-state index contributed by atoms with van der Waals surface area (Å²) >= 11 is 0. The molecule has 2 heterocycles. The second kappa shape index (κ2) is 10.3. The Hall–Kier alpha value is -3.39. The maximum absolute atomic E-state index is 12.6. The SMILES string of the molecule is CCCc1ccc(NC(=O)N2CCN(Cc3nc(-c4ccc(OC)cc4)no3)CC2)cc1. The van der Waals surface area contributed by atoms with Crippen LogP contribution in [0.2, 0.25) is 0 Å². The van der Waals surface area contributed by atoms with Gasteiger partial charge < -0.3 is 19.5 Å². The molecular weight excluding hydrogens is 406 g/mol. The first kappa shape index (κ1) is 21.8. The minimum absolute atomic E-state index is 0.0625. The Bertz CT molecular complexity index is 1010. The zero-order valence-electron chi connectivity index (χ0n) is 18.6. The molecule has 8 heteroatoms. The first-order valence-electron chi connectivity index (χ1n) is 11.0. The summed E-state index contributed by atoms with van der Waals surface area (Å²) in [4.78, 5) is 21.2. The van der Waals surface area contributed by atoms with Crippen LogP contribution >= 0.6 is 0 Å². The average Bonchev–Trinajstić information content (AvgIpc) is 3.29. The highest BCUT2D eigenvalue weighted by atomic mass is 16.5. The Morgan fingerprint density at radius 3 is 2.44 bits per heavy atom. The van der Waals surface area contributed by atoms with Gasteiger partial charge in [-0.25, -0.2) is 4.79 Å². The molecule has 4 rings (SSSR count). The molecule has 168 valence electrons. The lowest BCUT2D eigenvalue weighted by Crippen LogP contribution is -2.49. The van der Waals surface area contributed by atoms with E-state index in [1.807, 2.05) is 41.3 Å². The molecule has 32 heavy (non-hydrogen) atoms. The van der Waals surface area contributed by atoms with Gasteiger partial charge >= 0.3 is 6.03 Å². The molecule has 0 radical (unpaired) electrons. The molecule has 0 spiro atoms. The summed E-state index contributed by atoms with van der Waals surface area (Å²) < 4.78 is 10.6. The Kier molecular flexibility index (Phi) is 7.01. The van der Waals surface area contributed by atoms with Gasteiger partial charge in [0, 0.05) is 37.4 Å². The van der Waals surface area contributed by atoms with Gasteiger partial charge in [-0.2, -0.15) is 4.98 Å². The van der Waals surface area contributed by atoms with Gasteiger partial charge in [-0.05, 0) is 48.4 Å². The number of hydrogen-bond donors (Lipinski definition) is 1. The number of benzene rings is 2. The van der Waals surface area contributed by atoms with E-state index in [9.17, 15) is 4.79 Å². The first-order valence-corrected chi connectivity index (χ1v) is 11.0. The van der Waals surface area contributed by atoms with Crippen molar-refractivity contribution in [1.29, 1.82) is 0 Å². The zero-order valence-corrected chi connectivity index (χ0v) is 18.6. The molecule has 1 fully saturated rings. The van der Waals surface area contributed by atoms with Crippen LogP contribution in [0.5, 0.6) is 5.75 Å². The van der Waals surface area contributed by atoms with Crippen molar-refractivity contribution in [1.82, 2.24) is 19.9 Å². The minimum Gasteiger partial charge on any atom is -0.497 e. The summed E-state index contributed by atoms with van der Waals surface area (Å²) in [5.41, 5.74) is 2.99. The Morgan fingerprint density at radius 1 is 1.06 bits per heavy atom. The molecule has 1 saturated heterocycles. The van der Waals surface area contributed by atoms with Crippen LogP contribution in [0.3, 0.4) is 0 Å². The van der Waals surface area contributed by atoms with Crippen molar-refractivity contribution in [3.8, 4) is 17.1 Å². The number of nitrogens with zero attached hydrogens (tertiary/aromatic N) is 4. The number of urea groups is 1. The number of carbonyl (C=O) groups is 1. The van der Waals surface area contributed by atoms with Crippen molar-refractivity contribution in [3.63, 3.8) is 0 Å². The molecule has 8 nitrogen and oxygen atoms in total.